The van der Waals surface area contributed by atoms with Crippen molar-refractivity contribution in [2.45, 2.75) is 58.3 Å². The zero-order chi connectivity index (χ0) is 9.52. The molecule has 78 valence electrons. The van der Waals surface area contributed by atoms with Gasteiger partial charge in [-0.1, -0.05) is 45.4 Å². The Kier molecular flexibility index (Phi) is 5.45. The number of hydrogen-bond acceptors (Lipinski definition) is 1. The van der Waals surface area contributed by atoms with Crippen LogP contribution in [0.2, 0.25) is 0 Å². The summed E-state index contributed by atoms with van der Waals surface area (Å²) in [5.74, 6) is 1.89. The molecule has 1 aliphatic carbocycles. The van der Waals surface area contributed by atoms with Gasteiger partial charge in [0.15, 0.2) is 0 Å². The molecule has 0 aromatic carbocycles. The van der Waals surface area contributed by atoms with Crippen molar-refractivity contribution in [3.8, 4) is 0 Å². The fraction of sp³-hybridized carbons (Fsp3) is 1.00. The smallest absolute Gasteiger partial charge is 0.00489 e. The molecule has 13 heavy (non-hydrogen) atoms. The van der Waals surface area contributed by atoms with Gasteiger partial charge in [-0.15, -0.1) is 0 Å². The molecule has 0 aromatic heterocycles. The average Bonchev–Trinajstić information content (AvgIpc) is 2.19. The molecule has 0 bridgehead atoms. The van der Waals surface area contributed by atoms with Gasteiger partial charge in [0.25, 0.3) is 0 Å². The SMILES string of the molecule is CCCCCC1CCC(CN)CC1. The molecule has 2 N–H and O–H groups in total. The van der Waals surface area contributed by atoms with Crippen molar-refractivity contribution >= 4 is 0 Å². The maximum Gasteiger partial charge on any atom is -0.00489 e. The maximum absolute atomic E-state index is 5.67. The lowest BCUT2D eigenvalue weighted by molar-refractivity contribution is 0.263. The molecule has 0 amide bonds. The molecule has 0 radical (unpaired) electrons. The van der Waals surface area contributed by atoms with Crippen LogP contribution in [0.25, 0.3) is 0 Å². The van der Waals surface area contributed by atoms with E-state index in [0.29, 0.717) is 0 Å². The molecule has 0 saturated heterocycles. The van der Waals surface area contributed by atoms with Gasteiger partial charge >= 0.3 is 0 Å². The molecular formula is C12H25N. The van der Waals surface area contributed by atoms with Gasteiger partial charge in [-0.3, -0.25) is 0 Å². The van der Waals surface area contributed by atoms with Gasteiger partial charge in [-0.25, -0.2) is 0 Å². The minimum Gasteiger partial charge on any atom is -0.330 e. The Morgan fingerprint density at radius 1 is 1.00 bits per heavy atom. The highest BCUT2D eigenvalue weighted by Crippen LogP contribution is 2.31. The van der Waals surface area contributed by atoms with Crippen LogP contribution in [-0.2, 0) is 0 Å². The first-order chi connectivity index (χ1) is 6.36. The standard InChI is InChI=1S/C12H25N/c1-2-3-4-5-11-6-8-12(10-13)9-7-11/h11-12H,2-10,13H2,1H3. The highest BCUT2D eigenvalue weighted by Gasteiger charge is 2.19. The first-order valence-corrected chi connectivity index (χ1v) is 6.06. The van der Waals surface area contributed by atoms with Crippen molar-refractivity contribution in [3.05, 3.63) is 0 Å². The van der Waals surface area contributed by atoms with E-state index in [1.165, 1.54) is 51.4 Å². The predicted octanol–water partition coefficient (Wildman–Crippen LogP) is 3.33. The summed E-state index contributed by atoms with van der Waals surface area (Å²) >= 11 is 0. The van der Waals surface area contributed by atoms with Gasteiger partial charge in [0, 0.05) is 0 Å². The largest absolute Gasteiger partial charge is 0.330 e. The van der Waals surface area contributed by atoms with Crippen LogP contribution >= 0.6 is 0 Å². The molecule has 0 unspecified atom stereocenters. The van der Waals surface area contributed by atoms with Crippen LogP contribution in [0.15, 0.2) is 0 Å². The zero-order valence-electron chi connectivity index (χ0n) is 9.10. The van der Waals surface area contributed by atoms with Crippen LogP contribution in [0.4, 0.5) is 0 Å². The van der Waals surface area contributed by atoms with Gasteiger partial charge in [0.1, 0.15) is 0 Å². The minimum atomic E-state index is 0.849. The van der Waals surface area contributed by atoms with Crippen molar-refractivity contribution in [1.82, 2.24) is 0 Å². The average molecular weight is 183 g/mol. The molecule has 1 nitrogen and oxygen atoms in total. The van der Waals surface area contributed by atoms with E-state index in [4.69, 9.17) is 5.73 Å². The van der Waals surface area contributed by atoms with E-state index < -0.39 is 0 Å². The molecule has 0 aromatic rings. The summed E-state index contributed by atoms with van der Waals surface area (Å²) in [6.07, 6.45) is 11.4. The summed E-state index contributed by atoms with van der Waals surface area (Å²) in [7, 11) is 0. The van der Waals surface area contributed by atoms with E-state index in [2.05, 4.69) is 6.92 Å². The second kappa shape index (κ2) is 6.42. The number of rotatable bonds is 5. The highest BCUT2D eigenvalue weighted by atomic mass is 14.5. The summed E-state index contributed by atoms with van der Waals surface area (Å²) in [4.78, 5) is 0. The molecule has 0 aliphatic heterocycles. The summed E-state index contributed by atoms with van der Waals surface area (Å²) in [6, 6.07) is 0. The number of hydrogen-bond donors (Lipinski definition) is 1. The van der Waals surface area contributed by atoms with Crippen LogP contribution in [-0.4, -0.2) is 6.54 Å². The minimum absolute atomic E-state index is 0.849. The van der Waals surface area contributed by atoms with Gasteiger partial charge < -0.3 is 5.73 Å². The predicted molar refractivity (Wildman–Crippen MR) is 58.6 cm³/mol. The molecule has 1 aliphatic rings. The Labute approximate surface area is 83.1 Å². The highest BCUT2D eigenvalue weighted by molar-refractivity contribution is 4.72. The molecule has 0 atom stereocenters. The molecule has 0 heterocycles. The lowest BCUT2D eigenvalue weighted by Crippen LogP contribution is -2.21. The Bertz CT molecular complexity index is 112. The van der Waals surface area contributed by atoms with Crippen LogP contribution in [0.1, 0.15) is 58.3 Å². The second-order valence-corrected chi connectivity index (χ2v) is 4.62. The molecule has 1 fully saturated rings. The third-order valence-electron chi connectivity index (χ3n) is 3.52. The third-order valence-corrected chi connectivity index (χ3v) is 3.52. The fourth-order valence-corrected chi connectivity index (χ4v) is 2.44. The topological polar surface area (TPSA) is 26.0 Å². The van der Waals surface area contributed by atoms with Gasteiger partial charge in [0.05, 0.1) is 0 Å². The Balaban J connectivity index is 2.03. The quantitative estimate of drug-likeness (QED) is 0.650. The van der Waals surface area contributed by atoms with Crippen molar-refractivity contribution < 1.29 is 0 Å². The van der Waals surface area contributed by atoms with Crippen molar-refractivity contribution in [2.75, 3.05) is 6.54 Å². The van der Waals surface area contributed by atoms with Crippen LogP contribution in [0.3, 0.4) is 0 Å². The maximum atomic E-state index is 5.67. The number of nitrogens with two attached hydrogens (primary N) is 1. The second-order valence-electron chi connectivity index (χ2n) is 4.62. The van der Waals surface area contributed by atoms with E-state index >= 15 is 0 Å². The van der Waals surface area contributed by atoms with Crippen molar-refractivity contribution in [1.29, 1.82) is 0 Å². The van der Waals surface area contributed by atoms with E-state index in [9.17, 15) is 0 Å². The summed E-state index contributed by atoms with van der Waals surface area (Å²) in [6.45, 7) is 3.20. The fourth-order valence-electron chi connectivity index (χ4n) is 2.44. The molecule has 1 rings (SSSR count). The monoisotopic (exact) mass is 183 g/mol. The van der Waals surface area contributed by atoms with Gasteiger partial charge in [-0.2, -0.15) is 0 Å². The molecule has 1 saturated carbocycles. The Morgan fingerprint density at radius 3 is 2.15 bits per heavy atom. The van der Waals surface area contributed by atoms with E-state index in [-0.39, 0.29) is 0 Å². The van der Waals surface area contributed by atoms with Crippen molar-refractivity contribution in [3.63, 3.8) is 0 Å². The lowest BCUT2D eigenvalue weighted by atomic mass is 9.80. The Hall–Kier alpha value is -0.0400. The Morgan fingerprint density at radius 2 is 1.62 bits per heavy atom. The molecular weight excluding hydrogens is 158 g/mol. The molecule has 1 heteroatoms. The van der Waals surface area contributed by atoms with Gasteiger partial charge in [0.2, 0.25) is 0 Å². The third kappa shape index (κ3) is 4.12. The van der Waals surface area contributed by atoms with E-state index in [1.54, 1.807) is 0 Å². The van der Waals surface area contributed by atoms with Crippen LogP contribution in [0, 0.1) is 11.8 Å². The first-order valence-electron chi connectivity index (χ1n) is 6.06. The first kappa shape index (κ1) is 11.0. The number of unbranched alkanes of at least 4 members (excludes halogenated alkanes) is 2. The van der Waals surface area contributed by atoms with E-state index in [1.807, 2.05) is 0 Å². The van der Waals surface area contributed by atoms with Gasteiger partial charge in [-0.05, 0) is 31.2 Å². The zero-order valence-corrected chi connectivity index (χ0v) is 9.10. The van der Waals surface area contributed by atoms with Crippen molar-refractivity contribution in [2.24, 2.45) is 17.6 Å². The summed E-state index contributed by atoms with van der Waals surface area (Å²) in [5, 5.41) is 0. The summed E-state index contributed by atoms with van der Waals surface area (Å²) in [5.41, 5.74) is 5.67. The van der Waals surface area contributed by atoms with Crippen LogP contribution < -0.4 is 5.73 Å². The molecule has 0 spiro atoms. The van der Waals surface area contributed by atoms with Crippen LogP contribution in [0.5, 0.6) is 0 Å². The normalized spacial score (nSPS) is 29.1. The summed E-state index contributed by atoms with van der Waals surface area (Å²) < 4.78 is 0. The van der Waals surface area contributed by atoms with E-state index in [0.717, 1.165) is 18.4 Å². The lowest BCUT2D eigenvalue weighted by Gasteiger charge is -2.27.